The molecule has 0 amide bonds. The first-order chi connectivity index (χ1) is 22.3. The van der Waals surface area contributed by atoms with E-state index in [1.807, 2.05) is 24.3 Å². The maximum atomic E-state index is 5.37. The predicted molar refractivity (Wildman–Crippen MR) is 185 cm³/mol. The van der Waals surface area contributed by atoms with Crippen molar-refractivity contribution in [2.75, 3.05) is 0 Å². The van der Waals surface area contributed by atoms with Gasteiger partial charge in [-0.2, -0.15) is 0 Å². The standard InChI is InChI=1S/C42H29N3/c1-5-14-29(15-6-1)34-22-13-23-35(28-34)37-27-25-33-24-26-36-39(32-20-11-4-12-21-32)44-42(45-41(36)40(33)43-37)38(30-16-7-2-8-17-30)31-18-9-3-10-19-31/h1-28,38H. The Balaban J connectivity index is 1.38. The fraction of sp³-hybridized carbons (Fsp3) is 0.0238. The van der Waals surface area contributed by atoms with Gasteiger partial charge in [0.25, 0.3) is 0 Å². The molecule has 0 unspecified atom stereocenters. The van der Waals surface area contributed by atoms with Gasteiger partial charge in [0.15, 0.2) is 0 Å². The van der Waals surface area contributed by atoms with Crippen LogP contribution in [0.25, 0.3) is 55.4 Å². The summed E-state index contributed by atoms with van der Waals surface area (Å²) in [6.45, 7) is 0. The number of pyridine rings is 1. The van der Waals surface area contributed by atoms with E-state index in [-0.39, 0.29) is 5.92 Å². The van der Waals surface area contributed by atoms with Crippen molar-refractivity contribution in [2.45, 2.75) is 5.92 Å². The first-order valence-corrected chi connectivity index (χ1v) is 15.2. The van der Waals surface area contributed by atoms with Crippen LogP contribution in [0.1, 0.15) is 22.9 Å². The molecule has 8 aromatic rings. The highest BCUT2D eigenvalue weighted by Crippen LogP contribution is 2.36. The lowest BCUT2D eigenvalue weighted by Gasteiger charge is -2.19. The van der Waals surface area contributed by atoms with E-state index < -0.39 is 0 Å². The van der Waals surface area contributed by atoms with Crippen LogP contribution in [-0.4, -0.2) is 15.0 Å². The third-order valence-corrected chi connectivity index (χ3v) is 8.38. The highest BCUT2D eigenvalue weighted by Gasteiger charge is 2.23. The van der Waals surface area contributed by atoms with E-state index in [1.54, 1.807) is 0 Å². The minimum atomic E-state index is -0.139. The van der Waals surface area contributed by atoms with Crippen molar-refractivity contribution in [2.24, 2.45) is 0 Å². The maximum Gasteiger partial charge on any atom is 0.141 e. The molecule has 0 aliphatic heterocycles. The van der Waals surface area contributed by atoms with Crippen LogP contribution in [-0.2, 0) is 0 Å². The van der Waals surface area contributed by atoms with Crippen molar-refractivity contribution in [3.63, 3.8) is 0 Å². The van der Waals surface area contributed by atoms with Gasteiger partial charge in [-0.05, 0) is 40.5 Å². The van der Waals surface area contributed by atoms with Gasteiger partial charge in [-0.25, -0.2) is 15.0 Å². The summed E-state index contributed by atoms with van der Waals surface area (Å²) in [4.78, 5) is 16.0. The Hall–Kier alpha value is -5.93. The zero-order valence-corrected chi connectivity index (χ0v) is 24.6. The molecule has 0 bridgehead atoms. The molecule has 2 aromatic heterocycles. The quantitative estimate of drug-likeness (QED) is 0.185. The molecule has 45 heavy (non-hydrogen) atoms. The molecule has 0 saturated heterocycles. The van der Waals surface area contributed by atoms with Gasteiger partial charge >= 0.3 is 0 Å². The summed E-state index contributed by atoms with van der Waals surface area (Å²) in [6.07, 6.45) is 0. The molecule has 6 aromatic carbocycles. The summed E-state index contributed by atoms with van der Waals surface area (Å²) in [5.41, 5.74) is 10.3. The first kappa shape index (κ1) is 26.7. The number of hydrogen-bond donors (Lipinski definition) is 0. The molecule has 0 atom stereocenters. The number of fused-ring (bicyclic) bond motifs is 3. The summed E-state index contributed by atoms with van der Waals surface area (Å²) < 4.78 is 0. The van der Waals surface area contributed by atoms with Crippen molar-refractivity contribution < 1.29 is 0 Å². The van der Waals surface area contributed by atoms with Crippen LogP contribution in [0.3, 0.4) is 0 Å². The van der Waals surface area contributed by atoms with E-state index in [2.05, 4.69) is 146 Å². The van der Waals surface area contributed by atoms with E-state index >= 15 is 0 Å². The molecular weight excluding hydrogens is 546 g/mol. The topological polar surface area (TPSA) is 38.7 Å². The summed E-state index contributed by atoms with van der Waals surface area (Å²) in [7, 11) is 0. The molecule has 3 heteroatoms. The molecule has 0 aliphatic carbocycles. The monoisotopic (exact) mass is 575 g/mol. The van der Waals surface area contributed by atoms with Gasteiger partial charge < -0.3 is 0 Å². The van der Waals surface area contributed by atoms with Crippen LogP contribution in [0.15, 0.2) is 170 Å². The van der Waals surface area contributed by atoms with Gasteiger partial charge in [0, 0.05) is 21.9 Å². The lowest BCUT2D eigenvalue weighted by molar-refractivity contribution is 0.870. The van der Waals surface area contributed by atoms with Gasteiger partial charge in [-0.3, -0.25) is 0 Å². The zero-order valence-electron chi connectivity index (χ0n) is 24.6. The average molecular weight is 576 g/mol. The molecule has 0 spiro atoms. The van der Waals surface area contributed by atoms with Gasteiger partial charge in [0.1, 0.15) is 11.3 Å². The Morgan fingerprint density at radius 3 is 1.60 bits per heavy atom. The number of nitrogens with zero attached hydrogens (tertiary/aromatic N) is 3. The molecular formula is C42H29N3. The first-order valence-electron chi connectivity index (χ1n) is 15.2. The van der Waals surface area contributed by atoms with Gasteiger partial charge in [0.2, 0.25) is 0 Å². The predicted octanol–water partition coefficient (Wildman–Crippen LogP) is 10.4. The number of hydrogen-bond acceptors (Lipinski definition) is 3. The minimum absolute atomic E-state index is 0.139. The Labute approximate surface area is 262 Å². The number of benzene rings is 6. The fourth-order valence-corrected chi connectivity index (χ4v) is 6.17. The normalized spacial score (nSPS) is 11.3. The third kappa shape index (κ3) is 5.15. The maximum absolute atomic E-state index is 5.37. The highest BCUT2D eigenvalue weighted by atomic mass is 14.9. The minimum Gasteiger partial charge on any atom is -0.245 e. The number of rotatable bonds is 6. The molecule has 0 saturated carbocycles. The van der Waals surface area contributed by atoms with Crippen molar-refractivity contribution in [1.82, 2.24) is 15.0 Å². The summed E-state index contributed by atoms with van der Waals surface area (Å²) in [6, 6.07) is 59.1. The van der Waals surface area contributed by atoms with E-state index in [0.717, 1.165) is 66.8 Å². The fourth-order valence-electron chi connectivity index (χ4n) is 6.17. The average Bonchev–Trinajstić information content (AvgIpc) is 3.13. The van der Waals surface area contributed by atoms with E-state index in [9.17, 15) is 0 Å². The van der Waals surface area contributed by atoms with Crippen LogP contribution in [0, 0.1) is 0 Å². The second-order valence-electron chi connectivity index (χ2n) is 11.2. The van der Waals surface area contributed by atoms with E-state index in [1.165, 1.54) is 5.56 Å². The van der Waals surface area contributed by atoms with Crippen molar-refractivity contribution in [1.29, 1.82) is 0 Å². The Morgan fingerprint density at radius 1 is 0.378 bits per heavy atom. The molecule has 8 rings (SSSR count). The third-order valence-electron chi connectivity index (χ3n) is 8.38. The smallest absolute Gasteiger partial charge is 0.141 e. The van der Waals surface area contributed by atoms with E-state index in [4.69, 9.17) is 15.0 Å². The second-order valence-corrected chi connectivity index (χ2v) is 11.2. The molecule has 0 aliphatic rings. The Bertz CT molecular complexity index is 2210. The Kier molecular flexibility index (Phi) is 6.89. The molecule has 212 valence electrons. The molecule has 0 radical (unpaired) electrons. The van der Waals surface area contributed by atoms with Gasteiger partial charge in [-0.15, -0.1) is 0 Å². The van der Waals surface area contributed by atoms with Gasteiger partial charge in [-0.1, -0.05) is 152 Å². The summed E-state index contributed by atoms with van der Waals surface area (Å²) in [5.74, 6) is 0.616. The molecule has 3 nitrogen and oxygen atoms in total. The molecule has 2 heterocycles. The molecule has 0 N–H and O–H groups in total. The lowest BCUT2D eigenvalue weighted by Crippen LogP contribution is -2.09. The number of aromatic nitrogens is 3. The van der Waals surface area contributed by atoms with Crippen LogP contribution in [0.2, 0.25) is 0 Å². The van der Waals surface area contributed by atoms with Crippen LogP contribution in [0.5, 0.6) is 0 Å². The second kappa shape index (κ2) is 11.6. The van der Waals surface area contributed by atoms with Crippen molar-refractivity contribution in [3.8, 4) is 33.6 Å². The lowest BCUT2D eigenvalue weighted by atomic mass is 9.90. The SMILES string of the molecule is c1ccc(-c2cccc(-c3ccc4ccc5c(-c6ccccc6)nc(C(c6ccccc6)c6ccccc6)nc5c4n3)c2)cc1. The van der Waals surface area contributed by atoms with Crippen LogP contribution in [0.4, 0.5) is 0 Å². The summed E-state index contributed by atoms with van der Waals surface area (Å²) in [5, 5.41) is 2.03. The Morgan fingerprint density at radius 2 is 0.933 bits per heavy atom. The van der Waals surface area contributed by atoms with Crippen LogP contribution >= 0.6 is 0 Å². The molecule has 0 fully saturated rings. The van der Waals surface area contributed by atoms with Crippen LogP contribution < -0.4 is 0 Å². The highest BCUT2D eigenvalue weighted by molar-refractivity contribution is 6.07. The largest absolute Gasteiger partial charge is 0.245 e. The summed E-state index contributed by atoms with van der Waals surface area (Å²) >= 11 is 0. The van der Waals surface area contributed by atoms with E-state index in [0.29, 0.717) is 0 Å². The van der Waals surface area contributed by atoms with Crippen molar-refractivity contribution >= 4 is 21.8 Å². The van der Waals surface area contributed by atoms with Gasteiger partial charge in [0.05, 0.1) is 22.8 Å². The van der Waals surface area contributed by atoms with Crippen molar-refractivity contribution in [3.05, 3.63) is 187 Å². The zero-order chi connectivity index (χ0) is 30.0.